The molecule has 2 heterocycles. The van der Waals surface area contributed by atoms with Gasteiger partial charge in [-0.3, -0.25) is 4.68 Å². The average Bonchev–Trinajstić information content (AvgIpc) is 2.96. The lowest BCUT2D eigenvalue weighted by Gasteiger charge is -2.04. The monoisotopic (exact) mass is 240 g/mol. The molecule has 92 valence electrons. The fraction of sp³-hybridized carbons (Fsp3) is 0.214. The van der Waals surface area contributed by atoms with E-state index in [0.29, 0.717) is 6.54 Å². The summed E-state index contributed by atoms with van der Waals surface area (Å²) in [6.07, 6.45) is 4.06. The molecule has 0 aliphatic carbocycles. The molecule has 0 unspecified atom stereocenters. The maximum atomic E-state index is 5.69. The number of nitrogens with zero attached hydrogens (tertiary/aromatic N) is 3. The molecule has 3 rings (SSSR count). The fourth-order valence-corrected chi connectivity index (χ4v) is 2.22. The normalized spacial score (nSPS) is 11.2. The van der Waals surface area contributed by atoms with Gasteiger partial charge in [-0.25, -0.2) is 0 Å². The van der Waals surface area contributed by atoms with Crippen LogP contribution in [0.15, 0.2) is 42.7 Å². The average molecular weight is 240 g/mol. The van der Waals surface area contributed by atoms with E-state index in [9.17, 15) is 0 Å². The largest absolute Gasteiger partial charge is 0.341 e. The minimum absolute atomic E-state index is 0.574. The van der Waals surface area contributed by atoms with Crippen molar-refractivity contribution in [2.45, 2.75) is 13.1 Å². The van der Waals surface area contributed by atoms with Crippen LogP contribution in [0.1, 0.15) is 11.3 Å². The summed E-state index contributed by atoms with van der Waals surface area (Å²) >= 11 is 0. The second kappa shape index (κ2) is 4.31. The van der Waals surface area contributed by atoms with Gasteiger partial charge in [0.25, 0.3) is 0 Å². The summed E-state index contributed by atoms with van der Waals surface area (Å²) in [4.78, 5) is 0. The Morgan fingerprint density at radius 2 is 2.06 bits per heavy atom. The number of hydrogen-bond acceptors (Lipinski definition) is 2. The molecule has 0 aliphatic rings. The van der Waals surface area contributed by atoms with Crippen LogP contribution >= 0.6 is 0 Å². The van der Waals surface area contributed by atoms with Crippen LogP contribution in [0.5, 0.6) is 0 Å². The van der Waals surface area contributed by atoms with Crippen molar-refractivity contribution in [3.8, 4) is 0 Å². The smallest absolute Gasteiger partial charge is 0.0821 e. The van der Waals surface area contributed by atoms with Crippen LogP contribution in [-0.4, -0.2) is 14.3 Å². The lowest BCUT2D eigenvalue weighted by molar-refractivity contribution is 0.716. The van der Waals surface area contributed by atoms with Gasteiger partial charge in [-0.2, -0.15) is 5.10 Å². The number of aromatic nitrogens is 3. The van der Waals surface area contributed by atoms with E-state index in [0.717, 1.165) is 17.8 Å². The first-order valence-electron chi connectivity index (χ1n) is 6.02. The quantitative estimate of drug-likeness (QED) is 0.760. The second-order valence-corrected chi connectivity index (χ2v) is 4.52. The third-order valence-corrected chi connectivity index (χ3v) is 3.18. The van der Waals surface area contributed by atoms with Crippen molar-refractivity contribution in [1.29, 1.82) is 0 Å². The number of fused-ring (bicyclic) bond motifs is 1. The first kappa shape index (κ1) is 11.0. The Balaban J connectivity index is 2.01. The van der Waals surface area contributed by atoms with Crippen molar-refractivity contribution in [2.24, 2.45) is 12.8 Å². The zero-order valence-electron chi connectivity index (χ0n) is 10.4. The van der Waals surface area contributed by atoms with Crippen LogP contribution in [0.25, 0.3) is 10.9 Å². The van der Waals surface area contributed by atoms with Gasteiger partial charge in [0.15, 0.2) is 0 Å². The molecule has 0 radical (unpaired) electrons. The van der Waals surface area contributed by atoms with Crippen molar-refractivity contribution in [1.82, 2.24) is 14.3 Å². The molecule has 4 nitrogen and oxygen atoms in total. The van der Waals surface area contributed by atoms with Gasteiger partial charge in [0, 0.05) is 31.5 Å². The summed E-state index contributed by atoms with van der Waals surface area (Å²) in [6, 6.07) is 10.5. The molecule has 0 aliphatic heterocycles. The molecule has 0 spiro atoms. The van der Waals surface area contributed by atoms with Crippen LogP contribution in [0.2, 0.25) is 0 Å². The molecule has 0 fully saturated rings. The number of rotatable bonds is 3. The molecule has 2 aromatic heterocycles. The van der Waals surface area contributed by atoms with E-state index < -0.39 is 0 Å². The van der Waals surface area contributed by atoms with Gasteiger partial charge < -0.3 is 10.3 Å². The Bertz CT molecular complexity index is 678. The number of nitrogens with two attached hydrogens (primary N) is 1. The number of hydrogen-bond donors (Lipinski definition) is 1. The van der Waals surface area contributed by atoms with Crippen molar-refractivity contribution < 1.29 is 0 Å². The number of benzene rings is 1. The Morgan fingerprint density at radius 3 is 2.78 bits per heavy atom. The molecule has 4 heteroatoms. The molecule has 0 bridgehead atoms. The van der Waals surface area contributed by atoms with Crippen LogP contribution in [-0.2, 0) is 20.1 Å². The maximum absolute atomic E-state index is 5.69. The van der Waals surface area contributed by atoms with Crippen molar-refractivity contribution in [3.05, 3.63) is 54.0 Å². The van der Waals surface area contributed by atoms with Crippen LogP contribution in [0.4, 0.5) is 0 Å². The minimum Gasteiger partial charge on any atom is -0.341 e. The summed E-state index contributed by atoms with van der Waals surface area (Å²) < 4.78 is 4.03. The summed E-state index contributed by atoms with van der Waals surface area (Å²) in [5.74, 6) is 0. The van der Waals surface area contributed by atoms with E-state index in [1.165, 1.54) is 10.9 Å². The molecule has 3 aromatic rings. The molecule has 0 atom stereocenters. The van der Waals surface area contributed by atoms with Gasteiger partial charge in [-0.15, -0.1) is 0 Å². The Kier molecular flexibility index (Phi) is 2.64. The highest BCUT2D eigenvalue weighted by molar-refractivity contribution is 5.80. The Labute approximate surface area is 106 Å². The van der Waals surface area contributed by atoms with Crippen molar-refractivity contribution in [3.63, 3.8) is 0 Å². The molecule has 0 saturated carbocycles. The van der Waals surface area contributed by atoms with Gasteiger partial charge in [0.1, 0.15) is 0 Å². The molecule has 18 heavy (non-hydrogen) atoms. The molecule has 0 amide bonds. The predicted molar refractivity (Wildman–Crippen MR) is 72.1 cm³/mol. The summed E-state index contributed by atoms with van der Waals surface area (Å²) in [6.45, 7) is 1.36. The molecular weight excluding hydrogens is 224 g/mol. The van der Waals surface area contributed by atoms with Crippen molar-refractivity contribution in [2.75, 3.05) is 0 Å². The van der Waals surface area contributed by atoms with E-state index in [-0.39, 0.29) is 0 Å². The minimum atomic E-state index is 0.574. The highest BCUT2D eigenvalue weighted by atomic mass is 15.3. The fourth-order valence-electron chi connectivity index (χ4n) is 2.22. The summed E-state index contributed by atoms with van der Waals surface area (Å²) in [5.41, 5.74) is 9.12. The first-order chi connectivity index (χ1) is 8.76. The zero-order valence-corrected chi connectivity index (χ0v) is 10.4. The van der Waals surface area contributed by atoms with Crippen LogP contribution in [0.3, 0.4) is 0 Å². The topological polar surface area (TPSA) is 48.8 Å². The van der Waals surface area contributed by atoms with E-state index in [1.54, 1.807) is 0 Å². The maximum Gasteiger partial charge on any atom is 0.0821 e. The highest BCUT2D eigenvalue weighted by Crippen LogP contribution is 2.18. The zero-order chi connectivity index (χ0) is 12.5. The lowest BCUT2D eigenvalue weighted by atomic mass is 10.1. The molecule has 0 saturated heterocycles. The van der Waals surface area contributed by atoms with E-state index >= 15 is 0 Å². The van der Waals surface area contributed by atoms with Crippen LogP contribution in [0, 0.1) is 0 Å². The highest BCUT2D eigenvalue weighted by Gasteiger charge is 2.04. The van der Waals surface area contributed by atoms with E-state index in [2.05, 4.69) is 40.1 Å². The van der Waals surface area contributed by atoms with Gasteiger partial charge in [-0.1, -0.05) is 12.1 Å². The first-order valence-corrected chi connectivity index (χ1v) is 6.02. The van der Waals surface area contributed by atoms with Gasteiger partial charge in [0.2, 0.25) is 0 Å². The third-order valence-electron chi connectivity index (χ3n) is 3.18. The summed E-state index contributed by atoms with van der Waals surface area (Å²) in [5, 5.41) is 5.65. The molecule has 2 N–H and O–H groups in total. The number of aryl methyl sites for hydroxylation is 1. The van der Waals surface area contributed by atoms with Crippen molar-refractivity contribution >= 4 is 10.9 Å². The Morgan fingerprint density at radius 1 is 1.17 bits per heavy atom. The van der Waals surface area contributed by atoms with E-state index in [4.69, 9.17) is 5.73 Å². The standard InChI is InChI=1S/C14H16N4/c1-17-6-5-13(16-17)10-18-7-4-12-3-2-11(9-15)8-14(12)18/h2-8H,9-10,15H2,1H3. The predicted octanol–water partition coefficient (Wildman–Crippen LogP) is 1.88. The van der Waals surface area contributed by atoms with Crippen LogP contribution < -0.4 is 5.73 Å². The second-order valence-electron chi connectivity index (χ2n) is 4.52. The summed E-state index contributed by atoms with van der Waals surface area (Å²) in [7, 11) is 1.93. The Hall–Kier alpha value is -2.07. The SMILES string of the molecule is Cn1ccc(Cn2ccc3ccc(CN)cc32)n1. The van der Waals surface area contributed by atoms with Gasteiger partial charge >= 0.3 is 0 Å². The van der Waals surface area contributed by atoms with E-state index in [1.807, 2.05) is 24.0 Å². The third kappa shape index (κ3) is 1.91. The van der Waals surface area contributed by atoms with Gasteiger partial charge in [0.05, 0.1) is 12.2 Å². The molecule has 1 aromatic carbocycles. The van der Waals surface area contributed by atoms with Gasteiger partial charge in [-0.05, 0) is 29.1 Å². The molecular formula is C14H16N4. The lowest BCUT2D eigenvalue weighted by Crippen LogP contribution is -2.01.